The third kappa shape index (κ3) is 3.46. The predicted molar refractivity (Wildman–Crippen MR) is 47.5 cm³/mol. The van der Waals surface area contributed by atoms with Crippen LogP contribution in [-0.4, -0.2) is 8.42 Å². The number of hydrogen-bond acceptors (Lipinski definition) is 2. The van der Waals surface area contributed by atoms with Gasteiger partial charge in [0.1, 0.15) is 0 Å². The smallest absolute Gasteiger partial charge is 0.226 e. The summed E-state index contributed by atoms with van der Waals surface area (Å²) in [4.78, 5) is 0. The van der Waals surface area contributed by atoms with Crippen molar-refractivity contribution in [1.82, 2.24) is 0 Å². The number of rotatable bonds is 2. The van der Waals surface area contributed by atoms with Crippen molar-refractivity contribution in [3.63, 3.8) is 0 Å². The summed E-state index contributed by atoms with van der Waals surface area (Å²) in [5.74, 6) is 0. The summed E-state index contributed by atoms with van der Waals surface area (Å²) in [6.45, 7) is 0. The molecule has 11 heavy (non-hydrogen) atoms. The molecule has 0 bridgehead atoms. The monoisotopic (exact) mass is 189 g/mol. The van der Waals surface area contributed by atoms with E-state index in [2.05, 4.69) is 0 Å². The zero-order valence-corrected chi connectivity index (χ0v) is 7.51. The number of benzene rings is 1. The van der Waals surface area contributed by atoms with Crippen LogP contribution >= 0.6 is 7.78 Å². The van der Waals surface area contributed by atoms with Gasteiger partial charge in [-0.25, -0.2) is 13.6 Å². The lowest BCUT2D eigenvalue weighted by Crippen LogP contribution is -2.09. The summed E-state index contributed by atoms with van der Waals surface area (Å²) in [7, 11) is -3.69. The maximum absolute atomic E-state index is 10.6. The van der Waals surface area contributed by atoms with Crippen molar-refractivity contribution < 1.29 is 8.42 Å². The second-order valence-electron chi connectivity index (χ2n) is 2.01. The van der Waals surface area contributed by atoms with Gasteiger partial charge in [-0.2, -0.15) is 0 Å². The second-order valence-corrected chi connectivity index (χ2v) is 6.20. The fourth-order valence-corrected chi connectivity index (χ4v) is 2.72. The minimum Gasteiger partial charge on any atom is -0.226 e. The van der Waals surface area contributed by atoms with Crippen LogP contribution in [0, 0.1) is 0 Å². The molecule has 0 heterocycles. The zero-order chi connectivity index (χ0) is 8.32. The number of hydrogen-bond donors (Lipinski definition) is 1. The number of nitrogens with two attached hydrogens (primary N) is 1. The van der Waals surface area contributed by atoms with Gasteiger partial charge in [0.05, 0.1) is 7.78 Å². The van der Waals surface area contributed by atoms with Crippen molar-refractivity contribution >= 4 is 22.7 Å². The molecule has 0 fully saturated rings. The average molecular weight is 189 g/mol. The van der Waals surface area contributed by atoms with E-state index in [1.807, 2.05) is 6.07 Å². The first-order valence-electron chi connectivity index (χ1n) is 2.93. The maximum atomic E-state index is 10.6. The summed E-state index contributed by atoms with van der Waals surface area (Å²) >= 11 is 0. The third-order valence-electron chi connectivity index (χ3n) is 1.03. The van der Waals surface area contributed by atoms with E-state index < -0.39 is 9.64 Å². The highest BCUT2D eigenvalue weighted by atomic mass is 32.8. The molecule has 0 aliphatic rings. The molecule has 60 valence electrons. The fourth-order valence-electron chi connectivity index (χ4n) is 0.670. The van der Waals surface area contributed by atoms with Gasteiger partial charge in [0.15, 0.2) is 0 Å². The Morgan fingerprint density at radius 2 is 1.73 bits per heavy atom. The van der Waals surface area contributed by atoms with E-state index in [9.17, 15) is 8.42 Å². The van der Waals surface area contributed by atoms with Crippen LogP contribution in [0.3, 0.4) is 0 Å². The van der Waals surface area contributed by atoms with E-state index in [1.165, 1.54) is 0 Å². The molecule has 1 rings (SSSR count). The Labute approximate surface area is 67.2 Å². The van der Waals surface area contributed by atoms with E-state index in [-0.39, 0.29) is 7.78 Å². The molecule has 3 nitrogen and oxygen atoms in total. The summed E-state index contributed by atoms with van der Waals surface area (Å²) in [6, 6.07) is 8.88. The molecule has 0 aromatic heterocycles. The van der Waals surface area contributed by atoms with Crippen molar-refractivity contribution in [2.45, 2.75) is 0 Å². The Bertz CT molecular complexity index is 322. The first-order valence-corrected chi connectivity index (χ1v) is 6.20. The highest BCUT2D eigenvalue weighted by Crippen LogP contribution is 2.14. The molecule has 1 aromatic rings. The van der Waals surface area contributed by atoms with Crippen LogP contribution in [0.15, 0.2) is 30.3 Å². The van der Waals surface area contributed by atoms with E-state index in [0.29, 0.717) is 0 Å². The molecule has 0 radical (unpaired) electrons. The Morgan fingerprint density at radius 3 is 2.18 bits per heavy atom. The molecule has 0 saturated heterocycles. The van der Waals surface area contributed by atoms with Gasteiger partial charge in [-0.1, -0.05) is 30.3 Å². The molecule has 0 saturated carbocycles. The van der Waals surface area contributed by atoms with Gasteiger partial charge >= 0.3 is 0 Å². The maximum Gasteiger partial charge on any atom is 0.226 e. The fraction of sp³-hybridized carbons (Fsp3) is 0. The zero-order valence-electron chi connectivity index (χ0n) is 5.69. The van der Waals surface area contributed by atoms with Crippen LogP contribution in [-0.2, 0) is 9.64 Å². The van der Waals surface area contributed by atoms with E-state index in [1.54, 1.807) is 24.3 Å². The Morgan fingerprint density at radius 1 is 1.18 bits per heavy atom. The van der Waals surface area contributed by atoms with E-state index in [4.69, 9.17) is 5.14 Å². The quantitative estimate of drug-likeness (QED) is 0.675. The molecule has 0 aliphatic heterocycles. The Kier molecular flexibility index (Phi) is 2.60. The lowest BCUT2D eigenvalue weighted by molar-refractivity contribution is 0.612. The minimum atomic E-state index is -3.35. The first kappa shape index (κ1) is 8.65. The van der Waals surface area contributed by atoms with Gasteiger partial charge in [0, 0.05) is 0 Å². The summed E-state index contributed by atoms with van der Waals surface area (Å²) < 4.78 is 21.2. The minimum absolute atomic E-state index is 0.336. The first-order chi connectivity index (χ1) is 5.08. The highest BCUT2D eigenvalue weighted by molar-refractivity contribution is 8.44. The van der Waals surface area contributed by atoms with Crippen LogP contribution in [0.25, 0.3) is 0 Å². The van der Waals surface area contributed by atoms with Gasteiger partial charge in [-0.05, 0) is 5.30 Å². The van der Waals surface area contributed by atoms with Gasteiger partial charge in [-0.15, -0.1) is 0 Å². The SMILES string of the molecule is NS(=O)(=O)Pc1ccccc1. The van der Waals surface area contributed by atoms with Gasteiger partial charge < -0.3 is 0 Å². The van der Waals surface area contributed by atoms with Crippen molar-refractivity contribution in [2.24, 2.45) is 5.14 Å². The Balaban J connectivity index is 2.82. The molecule has 5 heteroatoms. The van der Waals surface area contributed by atoms with Crippen LogP contribution < -0.4 is 10.4 Å². The molecule has 0 spiro atoms. The molecule has 1 aromatic carbocycles. The second kappa shape index (κ2) is 3.30. The molecular formula is C6H8NO2PS. The van der Waals surface area contributed by atoms with E-state index in [0.717, 1.165) is 5.30 Å². The van der Waals surface area contributed by atoms with Crippen molar-refractivity contribution in [3.05, 3.63) is 30.3 Å². The summed E-state index contributed by atoms with van der Waals surface area (Å²) in [5.41, 5.74) is 0. The Hall–Kier alpha value is -0.440. The lowest BCUT2D eigenvalue weighted by Gasteiger charge is -1.96. The van der Waals surface area contributed by atoms with Gasteiger partial charge in [0.2, 0.25) is 9.64 Å². The van der Waals surface area contributed by atoms with Crippen molar-refractivity contribution in [3.8, 4) is 0 Å². The molecule has 0 amide bonds. The molecular weight excluding hydrogens is 181 g/mol. The van der Waals surface area contributed by atoms with Crippen LogP contribution in [0.4, 0.5) is 0 Å². The molecule has 2 N–H and O–H groups in total. The topological polar surface area (TPSA) is 60.2 Å². The molecule has 1 atom stereocenters. The standard InChI is InChI=1S/C6H8NO2PS/c7-11(8,9)10-6-4-2-1-3-5-6/h1-5,10H,(H2,7,8,9). The van der Waals surface area contributed by atoms with Crippen LogP contribution in [0.5, 0.6) is 0 Å². The molecule has 1 unspecified atom stereocenters. The lowest BCUT2D eigenvalue weighted by atomic mass is 10.4. The average Bonchev–Trinajstić information content (AvgIpc) is 1.85. The summed E-state index contributed by atoms with van der Waals surface area (Å²) in [6.07, 6.45) is 0. The molecule has 0 aliphatic carbocycles. The van der Waals surface area contributed by atoms with Gasteiger partial charge in [0.25, 0.3) is 0 Å². The van der Waals surface area contributed by atoms with Crippen molar-refractivity contribution in [2.75, 3.05) is 0 Å². The van der Waals surface area contributed by atoms with E-state index >= 15 is 0 Å². The third-order valence-corrected chi connectivity index (χ3v) is 3.45. The normalized spacial score (nSPS) is 12.5. The predicted octanol–water partition coefficient (Wildman–Crippen LogP) is 0.194. The highest BCUT2D eigenvalue weighted by Gasteiger charge is 2.02. The van der Waals surface area contributed by atoms with Gasteiger partial charge in [-0.3, -0.25) is 0 Å². The van der Waals surface area contributed by atoms with Crippen LogP contribution in [0.1, 0.15) is 0 Å². The van der Waals surface area contributed by atoms with Crippen LogP contribution in [0.2, 0.25) is 0 Å². The summed E-state index contributed by atoms with van der Waals surface area (Å²) in [5, 5.41) is 5.60. The largest absolute Gasteiger partial charge is 0.226 e. The van der Waals surface area contributed by atoms with Crippen molar-refractivity contribution in [1.29, 1.82) is 0 Å².